The predicted molar refractivity (Wildman–Crippen MR) is 108 cm³/mol. The number of benzene rings is 2. The molecular formula is C23H24N2O3. The van der Waals surface area contributed by atoms with E-state index < -0.39 is 0 Å². The van der Waals surface area contributed by atoms with Gasteiger partial charge >= 0.3 is 0 Å². The highest BCUT2D eigenvalue weighted by molar-refractivity contribution is 6.22. The molecule has 1 saturated heterocycles. The molecule has 0 aromatic heterocycles. The molecule has 1 saturated carbocycles. The predicted octanol–water partition coefficient (Wildman–Crippen LogP) is 4.17. The van der Waals surface area contributed by atoms with Crippen molar-refractivity contribution >= 4 is 29.1 Å². The van der Waals surface area contributed by atoms with Gasteiger partial charge in [0.05, 0.1) is 17.5 Å². The third-order valence-corrected chi connectivity index (χ3v) is 5.86. The van der Waals surface area contributed by atoms with Crippen LogP contribution in [-0.2, 0) is 9.59 Å². The lowest BCUT2D eigenvalue weighted by Crippen LogP contribution is -2.31. The maximum absolute atomic E-state index is 12.9. The van der Waals surface area contributed by atoms with Crippen LogP contribution in [-0.4, -0.2) is 17.7 Å². The Labute approximate surface area is 164 Å². The molecule has 0 bridgehead atoms. The molecular weight excluding hydrogens is 352 g/mol. The van der Waals surface area contributed by atoms with Crippen molar-refractivity contribution in [3.05, 3.63) is 59.7 Å². The zero-order valence-corrected chi connectivity index (χ0v) is 16.1. The summed E-state index contributed by atoms with van der Waals surface area (Å²) in [6, 6.07) is 14.3. The van der Waals surface area contributed by atoms with E-state index in [1.807, 2.05) is 19.1 Å². The Balaban J connectivity index is 1.55. The molecule has 0 spiro atoms. The largest absolute Gasteiger partial charge is 0.322 e. The quantitative estimate of drug-likeness (QED) is 0.818. The third kappa shape index (κ3) is 3.33. The van der Waals surface area contributed by atoms with Crippen molar-refractivity contribution in [2.75, 3.05) is 10.2 Å². The highest BCUT2D eigenvalue weighted by Crippen LogP contribution is 2.42. The molecule has 1 heterocycles. The van der Waals surface area contributed by atoms with Gasteiger partial charge < -0.3 is 5.32 Å². The average molecular weight is 376 g/mol. The summed E-state index contributed by atoms with van der Waals surface area (Å²) in [5.41, 5.74) is 2.73. The molecule has 1 aliphatic carbocycles. The number of amides is 3. The van der Waals surface area contributed by atoms with Crippen molar-refractivity contribution in [3.63, 3.8) is 0 Å². The van der Waals surface area contributed by atoms with Crippen molar-refractivity contribution < 1.29 is 14.4 Å². The monoisotopic (exact) mass is 376 g/mol. The van der Waals surface area contributed by atoms with Crippen molar-refractivity contribution in [1.82, 2.24) is 0 Å². The number of carbonyl (C=O) groups excluding carboxylic acids is 3. The lowest BCUT2D eigenvalue weighted by atomic mass is 9.76. The molecule has 2 aromatic rings. The number of hydrogen-bond acceptors (Lipinski definition) is 3. The van der Waals surface area contributed by atoms with E-state index in [-0.39, 0.29) is 29.6 Å². The first-order valence-electron chi connectivity index (χ1n) is 9.80. The van der Waals surface area contributed by atoms with Gasteiger partial charge in [0, 0.05) is 11.3 Å². The van der Waals surface area contributed by atoms with Gasteiger partial charge in [0.15, 0.2) is 0 Å². The van der Waals surface area contributed by atoms with Crippen LogP contribution in [0.1, 0.15) is 42.1 Å². The zero-order valence-electron chi connectivity index (χ0n) is 16.1. The minimum Gasteiger partial charge on any atom is -0.322 e. The number of nitrogens with one attached hydrogen (secondary N) is 1. The van der Waals surface area contributed by atoms with Gasteiger partial charge in [0.25, 0.3) is 5.91 Å². The van der Waals surface area contributed by atoms with Crippen LogP contribution in [0.4, 0.5) is 11.4 Å². The van der Waals surface area contributed by atoms with Gasteiger partial charge in [-0.2, -0.15) is 0 Å². The second-order valence-electron chi connectivity index (χ2n) is 8.01. The molecule has 5 nitrogen and oxygen atoms in total. The van der Waals surface area contributed by atoms with Gasteiger partial charge in [-0.05, 0) is 62.4 Å². The van der Waals surface area contributed by atoms with Crippen molar-refractivity contribution in [2.45, 2.75) is 33.1 Å². The summed E-state index contributed by atoms with van der Waals surface area (Å²) in [7, 11) is 0. The molecule has 2 aliphatic rings. The Hall–Kier alpha value is -2.95. The van der Waals surface area contributed by atoms with E-state index in [9.17, 15) is 14.4 Å². The zero-order chi connectivity index (χ0) is 19.8. The molecule has 1 aliphatic heterocycles. The van der Waals surface area contributed by atoms with E-state index in [4.69, 9.17) is 0 Å². The van der Waals surface area contributed by atoms with Crippen molar-refractivity contribution in [2.24, 2.45) is 17.8 Å². The Kier molecular flexibility index (Phi) is 4.75. The molecule has 2 fully saturated rings. The SMILES string of the molecule is Cc1ccc(C(=O)Nc2cccc(N3C(=O)[C@H]4CC[C@@H](C)C[C@@H]4C3=O)c2)cc1. The fourth-order valence-electron chi connectivity index (χ4n) is 4.28. The minimum atomic E-state index is -0.223. The number of rotatable bonds is 3. The van der Waals surface area contributed by atoms with Crippen molar-refractivity contribution in [3.8, 4) is 0 Å². The van der Waals surface area contributed by atoms with Crippen molar-refractivity contribution in [1.29, 1.82) is 0 Å². The number of fused-ring (bicyclic) bond motifs is 1. The smallest absolute Gasteiger partial charge is 0.255 e. The van der Waals surface area contributed by atoms with E-state index in [1.165, 1.54) is 4.90 Å². The number of imide groups is 1. The highest BCUT2D eigenvalue weighted by atomic mass is 16.2. The second kappa shape index (κ2) is 7.23. The Morgan fingerprint density at radius 2 is 1.71 bits per heavy atom. The van der Waals surface area contributed by atoms with Gasteiger partial charge in [-0.15, -0.1) is 0 Å². The van der Waals surface area contributed by atoms with E-state index >= 15 is 0 Å². The van der Waals surface area contributed by atoms with Gasteiger partial charge in [-0.1, -0.05) is 30.7 Å². The molecule has 3 amide bonds. The van der Waals surface area contributed by atoms with Crippen LogP contribution < -0.4 is 10.2 Å². The fraction of sp³-hybridized carbons (Fsp3) is 0.348. The topological polar surface area (TPSA) is 66.5 Å². The van der Waals surface area contributed by atoms with E-state index in [0.29, 0.717) is 22.9 Å². The van der Waals surface area contributed by atoms with Crippen LogP contribution in [0.15, 0.2) is 48.5 Å². The second-order valence-corrected chi connectivity index (χ2v) is 8.01. The molecule has 3 atom stereocenters. The Morgan fingerprint density at radius 3 is 2.46 bits per heavy atom. The fourth-order valence-corrected chi connectivity index (χ4v) is 4.28. The standard InChI is InChI=1S/C23H24N2O3/c1-14-6-9-16(10-7-14)21(26)24-17-4-3-5-18(13-17)25-22(27)19-11-8-15(2)12-20(19)23(25)28/h3-7,9-10,13,15,19-20H,8,11-12H2,1-2H3,(H,24,26)/t15-,19+,20+/m1/s1. The van der Waals surface area contributed by atoms with Crippen LogP contribution in [0, 0.1) is 24.7 Å². The summed E-state index contributed by atoms with van der Waals surface area (Å²) in [5.74, 6) is -0.374. The summed E-state index contributed by atoms with van der Waals surface area (Å²) < 4.78 is 0. The minimum absolute atomic E-state index is 0.107. The number of aryl methyl sites for hydroxylation is 1. The van der Waals surface area contributed by atoms with E-state index in [0.717, 1.165) is 24.8 Å². The van der Waals surface area contributed by atoms with E-state index in [2.05, 4.69) is 12.2 Å². The van der Waals surface area contributed by atoms with Crippen LogP contribution >= 0.6 is 0 Å². The molecule has 144 valence electrons. The number of nitrogens with zero attached hydrogens (tertiary/aromatic N) is 1. The van der Waals surface area contributed by atoms with Gasteiger partial charge in [-0.3, -0.25) is 14.4 Å². The number of anilines is 2. The van der Waals surface area contributed by atoms with Gasteiger partial charge in [0.2, 0.25) is 11.8 Å². The van der Waals surface area contributed by atoms with E-state index in [1.54, 1.807) is 36.4 Å². The maximum Gasteiger partial charge on any atom is 0.255 e. The molecule has 0 unspecified atom stereocenters. The summed E-state index contributed by atoms with van der Waals surface area (Å²) >= 11 is 0. The molecule has 28 heavy (non-hydrogen) atoms. The van der Waals surface area contributed by atoms with Crippen LogP contribution in [0.25, 0.3) is 0 Å². The summed E-state index contributed by atoms with van der Waals surface area (Å²) in [6.45, 7) is 4.10. The normalized spacial score (nSPS) is 24.2. The van der Waals surface area contributed by atoms with Crippen LogP contribution in [0.3, 0.4) is 0 Å². The first-order valence-corrected chi connectivity index (χ1v) is 9.80. The molecule has 4 rings (SSSR count). The first kappa shape index (κ1) is 18.4. The Bertz CT molecular complexity index is 935. The number of hydrogen-bond donors (Lipinski definition) is 1. The Morgan fingerprint density at radius 1 is 1.00 bits per heavy atom. The highest BCUT2D eigenvalue weighted by Gasteiger charge is 2.49. The first-order chi connectivity index (χ1) is 13.4. The van der Waals surface area contributed by atoms with Crippen LogP contribution in [0.2, 0.25) is 0 Å². The number of carbonyl (C=O) groups is 3. The molecule has 2 aromatic carbocycles. The summed E-state index contributed by atoms with van der Waals surface area (Å²) in [4.78, 5) is 39.5. The van der Waals surface area contributed by atoms with Gasteiger partial charge in [-0.25, -0.2) is 4.90 Å². The maximum atomic E-state index is 12.9. The lowest BCUT2D eigenvalue weighted by molar-refractivity contribution is -0.122. The lowest BCUT2D eigenvalue weighted by Gasteiger charge is -2.25. The summed E-state index contributed by atoms with van der Waals surface area (Å²) in [6.07, 6.45) is 2.53. The average Bonchev–Trinajstić information content (AvgIpc) is 2.92. The molecule has 1 N–H and O–H groups in total. The molecule has 5 heteroatoms. The van der Waals surface area contributed by atoms with Crippen LogP contribution in [0.5, 0.6) is 0 Å². The molecule has 0 radical (unpaired) electrons. The summed E-state index contributed by atoms with van der Waals surface area (Å²) in [5, 5.41) is 2.85. The van der Waals surface area contributed by atoms with Gasteiger partial charge in [0.1, 0.15) is 0 Å². The third-order valence-electron chi connectivity index (χ3n) is 5.86.